The number of carbonyl (C=O) groups is 1. The molecule has 0 saturated heterocycles. The summed E-state index contributed by atoms with van der Waals surface area (Å²) in [5.41, 5.74) is -0.758. The molecule has 150 valence electrons. The van der Waals surface area contributed by atoms with E-state index < -0.39 is 34.3 Å². The van der Waals surface area contributed by atoms with Gasteiger partial charge in [0.1, 0.15) is 5.03 Å². The lowest BCUT2D eigenvalue weighted by atomic mass is 10.2. The fourth-order valence-electron chi connectivity index (χ4n) is 2.35. The monoisotopic (exact) mass is 426 g/mol. The summed E-state index contributed by atoms with van der Waals surface area (Å²) in [7, 11) is 0. The van der Waals surface area contributed by atoms with Crippen LogP contribution in [0, 0.1) is 15.9 Å². The molecule has 0 atom stereocenters. The standard InChI is InChI=1S/C17H10F4N4O3S/c18-11-6-5-9(7-13(11)25(27)28)22-14(26)8-29-15-10-3-1-2-4-12(10)23-16(24-15)17(19,20)21/h1-7H,8H2,(H,22,26). The highest BCUT2D eigenvalue weighted by atomic mass is 32.2. The van der Waals surface area contributed by atoms with Crippen LogP contribution in [0.15, 0.2) is 47.5 Å². The SMILES string of the molecule is O=C(CSc1nc(C(F)(F)F)nc2ccccc12)Nc1ccc(F)c([N+](=O)[O-])c1. The van der Waals surface area contributed by atoms with Crippen LogP contribution in [0.5, 0.6) is 0 Å². The minimum Gasteiger partial charge on any atom is -0.325 e. The number of anilines is 1. The molecule has 1 heterocycles. The van der Waals surface area contributed by atoms with Crippen molar-refractivity contribution in [2.75, 3.05) is 11.1 Å². The fourth-order valence-corrected chi connectivity index (χ4v) is 3.16. The average Bonchev–Trinajstić information content (AvgIpc) is 2.66. The largest absolute Gasteiger partial charge is 0.451 e. The van der Waals surface area contributed by atoms with E-state index in [2.05, 4.69) is 15.3 Å². The quantitative estimate of drug-likeness (QED) is 0.213. The summed E-state index contributed by atoms with van der Waals surface area (Å²) in [4.78, 5) is 28.9. The zero-order chi connectivity index (χ0) is 21.2. The van der Waals surface area contributed by atoms with E-state index in [9.17, 15) is 32.5 Å². The zero-order valence-corrected chi connectivity index (χ0v) is 15.1. The second kappa shape index (κ2) is 7.99. The second-order valence-corrected chi connectivity index (χ2v) is 6.59. The number of nitro groups is 1. The Hall–Kier alpha value is -3.28. The molecule has 7 nitrogen and oxygen atoms in total. The van der Waals surface area contributed by atoms with Gasteiger partial charge in [-0.25, -0.2) is 9.97 Å². The summed E-state index contributed by atoms with van der Waals surface area (Å²) >= 11 is 0.750. The first-order chi connectivity index (χ1) is 13.6. The Morgan fingerprint density at radius 3 is 2.59 bits per heavy atom. The molecule has 1 aromatic heterocycles. The lowest BCUT2D eigenvalue weighted by Crippen LogP contribution is -2.15. The molecule has 2 aromatic carbocycles. The van der Waals surface area contributed by atoms with Gasteiger partial charge in [-0.3, -0.25) is 14.9 Å². The first-order valence-corrected chi connectivity index (χ1v) is 8.84. The highest BCUT2D eigenvalue weighted by molar-refractivity contribution is 8.00. The van der Waals surface area contributed by atoms with Crippen molar-refractivity contribution in [1.29, 1.82) is 0 Å². The zero-order valence-electron chi connectivity index (χ0n) is 14.2. The van der Waals surface area contributed by atoms with Crippen molar-refractivity contribution >= 4 is 39.9 Å². The number of alkyl halides is 3. The third kappa shape index (κ3) is 4.77. The van der Waals surface area contributed by atoms with Gasteiger partial charge in [0.2, 0.25) is 17.5 Å². The van der Waals surface area contributed by atoms with Crippen LogP contribution in [0.25, 0.3) is 10.9 Å². The summed E-state index contributed by atoms with van der Waals surface area (Å²) < 4.78 is 52.4. The molecule has 0 saturated carbocycles. The van der Waals surface area contributed by atoms with Crippen LogP contribution >= 0.6 is 11.8 Å². The number of nitrogens with zero attached hydrogens (tertiary/aromatic N) is 3. The minimum absolute atomic E-state index is 0.0211. The van der Waals surface area contributed by atoms with Gasteiger partial charge in [0, 0.05) is 17.1 Å². The molecule has 3 aromatic rings. The van der Waals surface area contributed by atoms with Crippen LogP contribution in [0.1, 0.15) is 5.82 Å². The first-order valence-electron chi connectivity index (χ1n) is 7.85. The molecular formula is C17H10F4N4O3S. The van der Waals surface area contributed by atoms with Gasteiger partial charge in [-0.05, 0) is 18.2 Å². The molecule has 12 heteroatoms. The highest BCUT2D eigenvalue weighted by Crippen LogP contribution is 2.32. The van der Waals surface area contributed by atoms with Gasteiger partial charge >= 0.3 is 11.9 Å². The summed E-state index contributed by atoms with van der Waals surface area (Å²) in [5.74, 6) is -3.38. The van der Waals surface area contributed by atoms with Crippen molar-refractivity contribution in [2.24, 2.45) is 0 Å². The summed E-state index contributed by atoms with van der Waals surface area (Å²) in [6.07, 6.45) is -4.76. The summed E-state index contributed by atoms with van der Waals surface area (Å²) in [6.45, 7) is 0. The first kappa shape index (κ1) is 20.5. The van der Waals surface area contributed by atoms with Crippen LogP contribution in [-0.2, 0) is 11.0 Å². The van der Waals surface area contributed by atoms with Gasteiger partial charge in [-0.1, -0.05) is 30.0 Å². The number of hydrogen-bond acceptors (Lipinski definition) is 6. The Kier molecular flexibility index (Phi) is 5.64. The van der Waals surface area contributed by atoms with Crippen LogP contribution < -0.4 is 5.32 Å². The number of halogens is 4. The third-order valence-corrected chi connectivity index (χ3v) is 4.58. The highest BCUT2D eigenvalue weighted by Gasteiger charge is 2.35. The van der Waals surface area contributed by atoms with E-state index in [-0.39, 0.29) is 22.0 Å². The van der Waals surface area contributed by atoms with Gasteiger partial charge in [-0.15, -0.1) is 0 Å². The number of nitrogens with one attached hydrogen (secondary N) is 1. The number of amides is 1. The fraction of sp³-hybridized carbons (Fsp3) is 0.118. The van der Waals surface area contributed by atoms with E-state index in [1.54, 1.807) is 6.07 Å². The Bertz CT molecular complexity index is 1110. The van der Waals surface area contributed by atoms with Gasteiger partial charge in [0.15, 0.2) is 0 Å². The molecule has 1 N–H and O–H groups in total. The van der Waals surface area contributed by atoms with Crippen molar-refractivity contribution in [3.63, 3.8) is 0 Å². The molecule has 0 aliphatic heterocycles. The van der Waals surface area contributed by atoms with Gasteiger partial charge < -0.3 is 5.32 Å². The molecule has 0 aliphatic rings. The summed E-state index contributed by atoms with van der Waals surface area (Å²) in [5, 5.41) is 13.4. The Morgan fingerprint density at radius 1 is 1.17 bits per heavy atom. The van der Waals surface area contributed by atoms with E-state index in [0.29, 0.717) is 5.39 Å². The molecule has 0 spiro atoms. The topological polar surface area (TPSA) is 98.0 Å². The van der Waals surface area contributed by atoms with Crippen molar-refractivity contribution in [1.82, 2.24) is 9.97 Å². The maximum absolute atomic E-state index is 13.3. The Balaban J connectivity index is 1.79. The minimum atomic E-state index is -4.76. The normalized spacial score (nSPS) is 11.4. The van der Waals surface area contributed by atoms with Crippen molar-refractivity contribution in [2.45, 2.75) is 11.2 Å². The number of hydrogen-bond donors (Lipinski definition) is 1. The smallest absolute Gasteiger partial charge is 0.325 e. The van der Waals surface area contributed by atoms with Crippen molar-refractivity contribution < 1.29 is 27.3 Å². The number of carbonyl (C=O) groups excluding carboxylic acids is 1. The Morgan fingerprint density at radius 2 is 1.90 bits per heavy atom. The number of benzene rings is 2. The van der Waals surface area contributed by atoms with Gasteiger partial charge in [-0.2, -0.15) is 17.6 Å². The number of para-hydroxylation sites is 1. The molecule has 29 heavy (non-hydrogen) atoms. The predicted molar refractivity (Wildman–Crippen MR) is 96.9 cm³/mol. The molecule has 0 radical (unpaired) electrons. The van der Waals surface area contributed by atoms with Crippen LogP contribution in [-0.4, -0.2) is 26.6 Å². The molecule has 0 fully saturated rings. The van der Waals surface area contributed by atoms with Crippen LogP contribution in [0.4, 0.5) is 28.9 Å². The number of thioether (sulfide) groups is 1. The summed E-state index contributed by atoms with van der Waals surface area (Å²) in [6, 6.07) is 8.85. The third-order valence-electron chi connectivity index (χ3n) is 3.59. The van der Waals surface area contributed by atoms with Crippen molar-refractivity contribution in [3.8, 4) is 0 Å². The molecule has 0 bridgehead atoms. The molecule has 3 rings (SSSR count). The lowest BCUT2D eigenvalue weighted by molar-refractivity contribution is -0.387. The van der Waals surface area contributed by atoms with E-state index in [4.69, 9.17) is 0 Å². The van der Waals surface area contributed by atoms with Crippen LogP contribution in [0.3, 0.4) is 0 Å². The van der Waals surface area contributed by atoms with E-state index in [0.717, 1.165) is 30.0 Å². The van der Waals surface area contributed by atoms with Crippen molar-refractivity contribution in [3.05, 3.63) is 64.2 Å². The van der Waals surface area contributed by atoms with E-state index in [1.165, 1.54) is 18.2 Å². The van der Waals surface area contributed by atoms with Gasteiger partial charge in [0.05, 0.1) is 16.2 Å². The molecule has 0 unspecified atom stereocenters. The molecular weight excluding hydrogens is 416 g/mol. The Labute approximate surface area is 164 Å². The molecule has 1 amide bonds. The average molecular weight is 426 g/mol. The van der Waals surface area contributed by atoms with Crippen LogP contribution in [0.2, 0.25) is 0 Å². The van der Waals surface area contributed by atoms with E-state index in [1.807, 2.05) is 0 Å². The number of rotatable bonds is 5. The maximum atomic E-state index is 13.3. The van der Waals surface area contributed by atoms with Gasteiger partial charge in [0.25, 0.3) is 0 Å². The second-order valence-electron chi connectivity index (χ2n) is 5.63. The number of nitro benzene ring substituents is 1. The maximum Gasteiger partial charge on any atom is 0.451 e. The lowest BCUT2D eigenvalue weighted by Gasteiger charge is -2.10. The van der Waals surface area contributed by atoms with E-state index >= 15 is 0 Å². The number of aromatic nitrogens is 2. The predicted octanol–water partition coefficient (Wildman–Crippen LogP) is 4.43. The molecule has 0 aliphatic carbocycles. The number of fused-ring (bicyclic) bond motifs is 1.